The van der Waals surface area contributed by atoms with Gasteiger partial charge in [-0.05, 0) is 37.0 Å². The lowest BCUT2D eigenvalue weighted by molar-refractivity contribution is -0.131. The second-order valence-corrected chi connectivity index (χ2v) is 7.10. The third-order valence-electron chi connectivity index (χ3n) is 5.14. The summed E-state index contributed by atoms with van der Waals surface area (Å²) in [5, 5.41) is 8.52. The second-order valence-electron chi connectivity index (χ2n) is 7.10. The fraction of sp³-hybridized carbons (Fsp3) is 0.318. The molecule has 3 aromatic rings. The van der Waals surface area contributed by atoms with Crippen molar-refractivity contribution in [2.75, 3.05) is 13.1 Å². The Labute approximate surface area is 159 Å². The predicted molar refractivity (Wildman–Crippen MR) is 103 cm³/mol. The first-order valence-electron chi connectivity index (χ1n) is 9.42. The molecule has 1 unspecified atom stereocenters. The van der Waals surface area contributed by atoms with Crippen LogP contribution in [0.25, 0.3) is 11.5 Å². The van der Waals surface area contributed by atoms with Crippen molar-refractivity contribution in [1.82, 2.24) is 15.1 Å². The standard InChI is InChI=1S/C22H23N3O2/c1-16-8-5-6-12-19(16)22-24-23-21(27-22)18-11-7-13-25(15-18)20(26)14-17-9-3-2-4-10-17/h2-6,8-10,12,18H,7,11,13-15H2,1H3. The third-order valence-corrected chi connectivity index (χ3v) is 5.14. The van der Waals surface area contributed by atoms with Gasteiger partial charge in [0.2, 0.25) is 17.7 Å². The van der Waals surface area contributed by atoms with E-state index < -0.39 is 0 Å². The molecule has 1 aliphatic heterocycles. The van der Waals surface area contributed by atoms with Crippen LogP contribution in [-0.2, 0) is 11.2 Å². The van der Waals surface area contributed by atoms with Crippen LogP contribution in [0.3, 0.4) is 0 Å². The van der Waals surface area contributed by atoms with E-state index in [2.05, 4.69) is 10.2 Å². The quantitative estimate of drug-likeness (QED) is 0.705. The number of amides is 1. The summed E-state index contributed by atoms with van der Waals surface area (Å²) in [5.74, 6) is 1.44. The zero-order chi connectivity index (χ0) is 18.6. The summed E-state index contributed by atoms with van der Waals surface area (Å²) in [7, 11) is 0. The molecule has 1 aliphatic rings. The highest BCUT2D eigenvalue weighted by molar-refractivity contribution is 5.79. The molecule has 0 radical (unpaired) electrons. The lowest BCUT2D eigenvalue weighted by Crippen LogP contribution is -2.40. The molecule has 1 saturated heterocycles. The average Bonchev–Trinajstić information content (AvgIpc) is 3.19. The maximum absolute atomic E-state index is 12.7. The van der Waals surface area contributed by atoms with Crippen LogP contribution in [0.2, 0.25) is 0 Å². The van der Waals surface area contributed by atoms with Gasteiger partial charge in [0.05, 0.1) is 12.3 Å². The number of hydrogen-bond acceptors (Lipinski definition) is 4. The van der Waals surface area contributed by atoms with Gasteiger partial charge < -0.3 is 9.32 Å². The summed E-state index contributed by atoms with van der Waals surface area (Å²) in [6.07, 6.45) is 2.35. The number of carbonyl (C=O) groups excluding carboxylic acids is 1. The van der Waals surface area contributed by atoms with E-state index >= 15 is 0 Å². The average molecular weight is 361 g/mol. The van der Waals surface area contributed by atoms with Crippen molar-refractivity contribution in [3.8, 4) is 11.5 Å². The van der Waals surface area contributed by atoms with Crippen molar-refractivity contribution in [3.05, 3.63) is 71.6 Å². The van der Waals surface area contributed by atoms with Gasteiger partial charge in [0.15, 0.2) is 0 Å². The summed E-state index contributed by atoms with van der Waals surface area (Å²) >= 11 is 0. The summed E-state index contributed by atoms with van der Waals surface area (Å²) in [6.45, 7) is 3.46. The maximum Gasteiger partial charge on any atom is 0.248 e. The molecule has 1 aromatic heterocycles. The third kappa shape index (κ3) is 3.92. The monoisotopic (exact) mass is 361 g/mol. The topological polar surface area (TPSA) is 59.2 Å². The van der Waals surface area contributed by atoms with Gasteiger partial charge in [-0.2, -0.15) is 0 Å². The Balaban J connectivity index is 1.46. The Bertz CT molecular complexity index is 920. The minimum absolute atomic E-state index is 0.101. The SMILES string of the molecule is Cc1ccccc1-c1nnc(C2CCCN(C(=O)Cc3ccccc3)C2)o1. The predicted octanol–water partition coefficient (Wildman–Crippen LogP) is 3.99. The Morgan fingerprint density at radius 2 is 1.89 bits per heavy atom. The van der Waals surface area contributed by atoms with Crippen molar-refractivity contribution in [2.45, 2.75) is 32.1 Å². The number of benzene rings is 2. The minimum atomic E-state index is 0.101. The Morgan fingerprint density at radius 3 is 2.70 bits per heavy atom. The molecule has 2 heterocycles. The van der Waals surface area contributed by atoms with E-state index in [4.69, 9.17) is 4.42 Å². The van der Waals surface area contributed by atoms with E-state index in [-0.39, 0.29) is 11.8 Å². The molecule has 138 valence electrons. The van der Waals surface area contributed by atoms with Crippen molar-refractivity contribution >= 4 is 5.91 Å². The van der Waals surface area contributed by atoms with E-state index in [1.165, 1.54) is 0 Å². The number of piperidine rings is 1. The number of nitrogens with zero attached hydrogens (tertiary/aromatic N) is 3. The molecule has 1 fully saturated rings. The Hall–Kier alpha value is -2.95. The molecular weight excluding hydrogens is 338 g/mol. The summed E-state index contributed by atoms with van der Waals surface area (Å²) in [4.78, 5) is 14.6. The Morgan fingerprint density at radius 1 is 1.11 bits per heavy atom. The first-order valence-corrected chi connectivity index (χ1v) is 9.42. The molecule has 0 N–H and O–H groups in total. The van der Waals surface area contributed by atoms with Crippen molar-refractivity contribution in [2.24, 2.45) is 0 Å². The van der Waals surface area contributed by atoms with Gasteiger partial charge in [0.1, 0.15) is 0 Å². The van der Waals surface area contributed by atoms with E-state index in [9.17, 15) is 4.79 Å². The van der Waals surface area contributed by atoms with Crippen LogP contribution in [0.4, 0.5) is 0 Å². The highest BCUT2D eigenvalue weighted by Crippen LogP contribution is 2.29. The lowest BCUT2D eigenvalue weighted by atomic mass is 9.97. The van der Waals surface area contributed by atoms with E-state index in [0.29, 0.717) is 24.7 Å². The van der Waals surface area contributed by atoms with Crippen LogP contribution in [0.1, 0.15) is 35.8 Å². The lowest BCUT2D eigenvalue weighted by Gasteiger charge is -2.31. The van der Waals surface area contributed by atoms with Gasteiger partial charge in [-0.3, -0.25) is 4.79 Å². The number of rotatable bonds is 4. The molecule has 27 heavy (non-hydrogen) atoms. The van der Waals surface area contributed by atoms with Crippen LogP contribution in [0, 0.1) is 6.92 Å². The molecule has 0 aliphatic carbocycles. The maximum atomic E-state index is 12.7. The summed E-state index contributed by atoms with van der Waals surface area (Å²) < 4.78 is 5.98. The first kappa shape index (κ1) is 17.5. The highest BCUT2D eigenvalue weighted by atomic mass is 16.4. The summed E-state index contributed by atoms with van der Waals surface area (Å²) in [6, 6.07) is 17.9. The van der Waals surface area contributed by atoms with Crippen LogP contribution in [0.5, 0.6) is 0 Å². The van der Waals surface area contributed by atoms with Gasteiger partial charge in [0.25, 0.3) is 0 Å². The highest BCUT2D eigenvalue weighted by Gasteiger charge is 2.28. The van der Waals surface area contributed by atoms with Crippen LogP contribution in [-0.4, -0.2) is 34.1 Å². The van der Waals surface area contributed by atoms with Gasteiger partial charge in [-0.15, -0.1) is 10.2 Å². The largest absolute Gasteiger partial charge is 0.420 e. The molecule has 1 atom stereocenters. The number of aryl methyl sites for hydroxylation is 1. The van der Waals surface area contributed by atoms with Crippen molar-refractivity contribution < 1.29 is 9.21 Å². The van der Waals surface area contributed by atoms with E-state index in [1.54, 1.807) is 0 Å². The van der Waals surface area contributed by atoms with Gasteiger partial charge >= 0.3 is 0 Å². The van der Waals surface area contributed by atoms with Gasteiger partial charge in [0, 0.05) is 18.7 Å². The minimum Gasteiger partial charge on any atom is -0.420 e. The zero-order valence-corrected chi connectivity index (χ0v) is 15.5. The summed E-state index contributed by atoms with van der Waals surface area (Å²) in [5.41, 5.74) is 3.12. The molecule has 0 spiro atoms. The number of likely N-dealkylation sites (tertiary alicyclic amines) is 1. The first-order chi connectivity index (χ1) is 13.2. The number of carbonyl (C=O) groups is 1. The fourth-order valence-electron chi connectivity index (χ4n) is 3.61. The molecule has 5 heteroatoms. The number of aromatic nitrogens is 2. The smallest absolute Gasteiger partial charge is 0.248 e. The molecule has 5 nitrogen and oxygen atoms in total. The normalized spacial score (nSPS) is 17.1. The van der Waals surface area contributed by atoms with Crippen LogP contribution >= 0.6 is 0 Å². The molecule has 0 bridgehead atoms. The van der Waals surface area contributed by atoms with E-state index in [0.717, 1.165) is 36.1 Å². The Kier molecular flexibility index (Phi) is 5.01. The fourth-order valence-corrected chi connectivity index (χ4v) is 3.61. The molecule has 2 aromatic carbocycles. The molecule has 4 rings (SSSR count). The molecular formula is C22H23N3O2. The number of hydrogen-bond donors (Lipinski definition) is 0. The molecule has 0 saturated carbocycles. The van der Waals surface area contributed by atoms with Crippen molar-refractivity contribution in [3.63, 3.8) is 0 Å². The van der Waals surface area contributed by atoms with Crippen LogP contribution < -0.4 is 0 Å². The molecule has 1 amide bonds. The van der Waals surface area contributed by atoms with Gasteiger partial charge in [-0.25, -0.2) is 0 Å². The van der Waals surface area contributed by atoms with Gasteiger partial charge in [-0.1, -0.05) is 48.5 Å². The zero-order valence-electron chi connectivity index (χ0n) is 15.5. The second kappa shape index (κ2) is 7.74. The van der Waals surface area contributed by atoms with Crippen LogP contribution in [0.15, 0.2) is 59.0 Å². The van der Waals surface area contributed by atoms with E-state index in [1.807, 2.05) is 66.4 Å². The van der Waals surface area contributed by atoms with Crippen molar-refractivity contribution in [1.29, 1.82) is 0 Å².